The highest BCUT2D eigenvalue weighted by Gasteiger charge is 2.38. The minimum absolute atomic E-state index is 0.372. The normalized spacial score (nSPS) is 17.5. The molecule has 0 aliphatic carbocycles. The highest BCUT2D eigenvalue weighted by molar-refractivity contribution is 5.46. The van der Waals surface area contributed by atoms with E-state index in [1.165, 1.54) is 6.33 Å². The van der Waals surface area contributed by atoms with Gasteiger partial charge in [-0.25, -0.2) is 9.97 Å². The summed E-state index contributed by atoms with van der Waals surface area (Å²) in [7, 11) is 0. The molecule has 5 nitrogen and oxygen atoms in total. The van der Waals surface area contributed by atoms with E-state index in [2.05, 4.69) is 20.6 Å². The molecule has 1 unspecified atom stereocenters. The Bertz CT molecular complexity index is 438. The molecule has 0 amide bonds. The van der Waals surface area contributed by atoms with Gasteiger partial charge in [0.15, 0.2) is 6.10 Å². The summed E-state index contributed by atoms with van der Waals surface area (Å²) in [5, 5.41) is 14.7. The quantitative estimate of drug-likeness (QED) is 0.750. The van der Waals surface area contributed by atoms with Gasteiger partial charge in [-0.3, -0.25) is 0 Å². The van der Waals surface area contributed by atoms with Gasteiger partial charge in [-0.05, 0) is 13.0 Å². The number of fused-ring (bicyclic) bond motifs is 1. The zero-order chi connectivity index (χ0) is 13.9. The van der Waals surface area contributed by atoms with Gasteiger partial charge in [-0.1, -0.05) is 0 Å². The molecule has 8 heteroatoms. The van der Waals surface area contributed by atoms with Crippen LogP contribution in [-0.4, -0.2) is 47.0 Å². The summed E-state index contributed by atoms with van der Waals surface area (Å²) in [6, 6.07) is 0. The van der Waals surface area contributed by atoms with E-state index in [1.54, 1.807) is 0 Å². The number of nitrogens with one attached hydrogen (secondary N) is 2. The Hall–Kier alpha value is -1.41. The van der Waals surface area contributed by atoms with Crippen LogP contribution >= 0.6 is 0 Å². The van der Waals surface area contributed by atoms with Crippen LogP contribution in [0.15, 0.2) is 6.33 Å². The van der Waals surface area contributed by atoms with Gasteiger partial charge in [0.05, 0.1) is 12.2 Å². The molecule has 2 heterocycles. The van der Waals surface area contributed by atoms with E-state index in [0.29, 0.717) is 18.7 Å². The van der Waals surface area contributed by atoms with Crippen molar-refractivity contribution >= 4 is 5.82 Å². The Morgan fingerprint density at radius 3 is 2.79 bits per heavy atom. The number of aromatic nitrogens is 2. The third-order valence-corrected chi connectivity index (χ3v) is 2.97. The number of aliphatic hydroxyl groups excluding tert-OH is 1. The molecule has 0 radical (unpaired) electrons. The molecule has 0 aromatic carbocycles. The number of halogens is 3. The van der Waals surface area contributed by atoms with Gasteiger partial charge in [0, 0.05) is 18.5 Å². The van der Waals surface area contributed by atoms with Crippen LogP contribution in [0.1, 0.15) is 11.3 Å². The summed E-state index contributed by atoms with van der Waals surface area (Å²) in [5.74, 6) is 0.372. The van der Waals surface area contributed by atoms with E-state index in [-0.39, 0.29) is 0 Å². The maximum atomic E-state index is 12.2. The smallest absolute Gasteiger partial charge is 0.382 e. The number of nitrogens with zero attached hydrogens (tertiary/aromatic N) is 2. The first-order valence-corrected chi connectivity index (χ1v) is 6.00. The molecule has 0 spiro atoms. The number of aliphatic hydroxyl groups is 1. The first-order chi connectivity index (χ1) is 8.98. The second-order valence-electron chi connectivity index (χ2n) is 4.34. The molecule has 19 heavy (non-hydrogen) atoms. The summed E-state index contributed by atoms with van der Waals surface area (Å²) < 4.78 is 36.7. The van der Waals surface area contributed by atoms with Crippen LogP contribution < -0.4 is 10.6 Å². The molecule has 106 valence electrons. The Balaban J connectivity index is 2.09. The van der Waals surface area contributed by atoms with E-state index in [0.717, 1.165) is 24.3 Å². The van der Waals surface area contributed by atoms with Crippen LogP contribution in [-0.2, 0) is 12.8 Å². The Morgan fingerprint density at radius 1 is 1.32 bits per heavy atom. The lowest BCUT2D eigenvalue weighted by Gasteiger charge is -2.17. The highest BCUT2D eigenvalue weighted by atomic mass is 19.4. The highest BCUT2D eigenvalue weighted by Crippen LogP contribution is 2.22. The summed E-state index contributed by atoms with van der Waals surface area (Å²) in [5.41, 5.74) is 1.66. The fourth-order valence-corrected chi connectivity index (χ4v) is 1.93. The molecular weight excluding hydrogens is 261 g/mol. The maximum absolute atomic E-state index is 12.2. The van der Waals surface area contributed by atoms with E-state index in [4.69, 9.17) is 5.11 Å². The Kier molecular flexibility index (Phi) is 4.20. The minimum Gasteiger partial charge on any atom is -0.382 e. The van der Waals surface area contributed by atoms with Crippen LogP contribution in [0, 0.1) is 0 Å². The fraction of sp³-hybridized carbons (Fsp3) is 0.636. The monoisotopic (exact) mass is 276 g/mol. The largest absolute Gasteiger partial charge is 0.416 e. The van der Waals surface area contributed by atoms with Crippen LogP contribution in [0.3, 0.4) is 0 Å². The van der Waals surface area contributed by atoms with E-state index in [9.17, 15) is 13.2 Å². The van der Waals surface area contributed by atoms with Crippen LogP contribution in [0.2, 0.25) is 0 Å². The summed E-state index contributed by atoms with van der Waals surface area (Å²) in [6.07, 6.45) is -4.33. The molecule has 0 saturated carbocycles. The molecule has 0 bridgehead atoms. The molecular formula is C11H15F3N4O. The Labute approximate surface area is 108 Å². The van der Waals surface area contributed by atoms with Gasteiger partial charge in [-0.15, -0.1) is 0 Å². The molecule has 2 rings (SSSR count). The zero-order valence-electron chi connectivity index (χ0n) is 10.2. The summed E-state index contributed by atoms with van der Waals surface area (Å²) >= 11 is 0. The lowest BCUT2D eigenvalue weighted by Crippen LogP contribution is -2.35. The van der Waals surface area contributed by atoms with Crippen LogP contribution in [0.25, 0.3) is 0 Å². The van der Waals surface area contributed by atoms with Gasteiger partial charge in [0.25, 0.3) is 0 Å². The predicted molar refractivity (Wildman–Crippen MR) is 62.9 cm³/mol. The number of anilines is 1. The van der Waals surface area contributed by atoms with Crippen molar-refractivity contribution in [3.63, 3.8) is 0 Å². The van der Waals surface area contributed by atoms with Crippen LogP contribution in [0.5, 0.6) is 0 Å². The molecule has 1 aliphatic heterocycles. The topological polar surface area (TPSA) is 70.1 Å². The van der Waals surface area contributed by atoms with Crippen molar-refractivity contribution in [1.82, 2.24) is 15.3 Å². The molecule has 1 aromatic heterocycles. The van der Waals surface area contributed by atoms with Crippen molar-refractivity contribution in [2.75, 3.05) is 25.0 Å². The lowest BCUT2D eigenvalue weighted by molar-refractivity contribution is -0.198. The average Bonchev–Trinajstić information content (AvgIpc) is 2.60. The van der Waals surface area contributed by atoms with Crippen molar-refractivity contribution in [3.8, 4) is 0 Å². The SMILES string of the molecule is OC(CNc1ncnc2c1CCNCC2)C(F)(F)F. The third-order valence-electron chi connectivity index (χ3n) is 2.97. The number of hydrogen-bond donors (Lipinski definition) is 3. The van der Waals surface area contributed by atoms with Crippen molar-refractivity contribution in [2.24, 2.45) is 0 Å². The first kappa shape index (κ1) is 14.0. The minimum atomic E-state index is -4.63. The standard InChI is InChI=1S/C11H15F3N4O/c12-11(13,14)9(19)5-16-10-7-1-3-15-4-2-8(7)17-6-18-10/h6,9,15,19H,1-5H2,(H,16,17,18). The fourth-order valence-electron chi connectivity index (χ4n) is 1.93. The van der Waals surface area contributed by atoms with Crippen molar-refractivity contribution in [3.05, 3.63) is 17.6 Å². The van der Waals surface area contributed by atoms with Crippen LogP contribution in [0.4, 0.5) is 19.0 Å². The van der Waals surface area contributed by atoms with Gasteiger partial charge in [0.1, 0.15) is 12.1 Å². The van der Waals surface area contributed by atoms with Gasteiger partial charge in [0.2, 0.25) is 0 Å². The maximum Gasteiger partial charge on any atom is 0.416 e. The van der Waals surface area contributed by atoms with E-state index >= 15 is 0 Å². The lowest BCUT2D eigenvalue weighted by atomic mass is 10.1. The third kappa shape index (κ3) is 3.54. The zero-order valence-corrected chi connectivity index (χ0v) is 10.2. The van der Waals surface area contributed by atoms with E-state index < -0.39 is 18.8 Å². The molecule has 0 saturated heterocycles. The Morgan fingerprint density at radius 2 is 2.05 bits per heavy atom. The summed E-state index contributed by atoms with van der Waals surface area (Å²) in [6.45, 7) is 0.909. The molecule has 1 aromatic rings. The van der Waals surface area contributed by atoms with Gasteiger partial charge < -0.3 is 15.7 Å². The second-order valence-corrected chi connectivity index (χ2v) is 4.34. The summed E-state index contributed by atoms with van der Waals surface area (Å²) in [4.78, 5) is 8.10. The number of alkyl halides is 3. The average molecular weight is 276 g/mol. The predicted octanol–water partition coefficient (Wildman–Crippen LogP) is 0.500. The molecule has 0 fully saturated rings. The van der Waals surface area contributed by atoms with Crippen molar-refractivity contribution < 1.29 is 18.3 Å². The molecule has 1 atom stereocenters. The molecule has 1 aliphatic rings. The van der Waals surface area contributed by atoms with Crippen molar-refractivity contribution in [2.45, 2.75) is 25.1 Å². The first-order valence-electron chi connectivity index (χ1n) is 6.00. The van der Waals surface area contributed by atoms with Crippen molar-refractivity contribution in [1.29, 1.82) is 0 Å². The van der Waals surface area contributed by atoms with E-state index in [1.807, 2.05) is 0 Å². The number of hydrogen-bond acceptors (Lipinski definition) is 5. The van der Waals surface area contributed by atoms with Gasteiger partial charge in [-0.2, -0.15) is 13.2 Å². The molecule has 3 N–H and O–H groups in total. The second kappa shape index (κ2) is 5.70. The number of rotatable bonds is 3. The van der Waals surface area contributed by atoms with Gasteiger partial charge >= 0.3 is 6.18 Å².